The lowest BCUT2D eigenvalue weighted by Gasteiger charge is -2.21. The standard InChI is InChI=1S/C16H21N3S/c1-12-16(20-11-18-12)10-19(2)9-13-5-6-15-14(8-13)4-3-7-17-15/h5-6,8,11,17H,3-4,7,9-10H2,1-2H3. The summed E-state index contributed by atoms with van der Waals surface area (Å²) < 4.78 is 0. The zero-order valence-electron chi connectivity index (χ0n) is 12.1. The third-order valence-electron chi connectivity index (χ3n) is 3.82. The number of hydrogen-bond acceptors (Lipinski definition) is 4. The fourth-order valence-corrected chi connectivity index (χ4v) is 3.57. The van der Waals surface area contributed by atoms with Crippen LogP contribution in [0.25, 0.3) is 0 Å². The van der Waals surface area contributed by atoms with Crippen molar-refractivity contribution in [3.63, 3.8) is 0 Å². The van der Waals surface area contributed by atoms with Crippen molar-refractivity contribution in [2.24, 2.45) is 0 Å². The van der Waals surface area contributed by atoms with E-state index in [9.17, 15) is 0 Å². The maximum absolute atomic E-state index is 4.32. The van der Waals surface area contributed by atoms with Gasteiger partial charge >= 0.3 is 0 Å². The minimum absolute atomic E-state index is 0.978. The van der Waals surface area contributed by atoms with E-state index >= 15 is 0 Å². The SMILES string of the molecule is Cc1ncsc1CN(C)Cc1ccc2c(c1)CCCN2. The third-order valence-corrected chi connectivity index (χ3v) is 4.74. The first kappa shape index (κ1) is 13.6. The van der Waals surface area contributed by atoms with E-state index < -0.39 is 0 Å². The van der Waals surface area contributed by atoms with Gasteiger partial charge in [-0.15, -0.1) is 11.3 Å². The van der Waals surface area contributed by atoms with Crippen molar-refractivity contribution in [1.29, 1.82) is 0 Å². The van der Waals surface area contributed by atoms with E-state index in [-0.39, 0.29) is 0 Å². The first-order chi connectivity index (χ1) is 9.72. The van der Waals surface area contributed by atoms with Crippen LogP contribution in [0, 0.1) is 6.92 Å². The normalized spacial score (nSPS) is 14.2. The molecule has 0 radical (unpaired) electrons. The van der Waals surface area contributed by atoms with Crippen molar-refractivity contribution < 1.29 is 0 Å². The zero-order valence-corrected chi connectivity index (χ0v) is 13.0. The van der Waals surface area contributed by atoms with Gasteiger partial charge in [-0.05, 0) is 44.0 Å². The summed E-state index contributed by atoms with van der Waals surface area (Å²) >= 11 is 1.75. The molecule has 1 aromatic heterocycles. The molecule has 0 fully saturated rings. The van der Waals surface area contributed by atoms with Crippen molar-refractivity contribution in [3.8, 4) is 0 Å². The topological polar surface area (TPSA) is 28.2 Å². The third kappa shape index (κ3) is 3.02. The van der Waals surface area contributed by atoms with Crippen LogP contribution in [0.3, 0.4) is 0 Å². The van der Waals surface area contributed by atoms with Crippen LogP contribution in [0.4, 0.5) is 5.69 Å². The summed E-state index contributed by atoms with van der Waals surface area (Å²) in [6.07, 6.45) is 2.44. The van der Waals surface area contributed by atoms with Gasteiger partial charge in [0.1, 0.15) is 0 Å². The van der Waals surface area contributed by atoms with Crippen molar-refractivity contribution in [1.82, 2.24) is 9.88 Å². The number of benzene rings is 1. The molecule has 1 aliphatic rings. The number of aryl methyl sites for hydroxylation is 2. The molecule has 0 spiro atoms. The van der Waals surface area contributed by atoms with E-state index in [2.05, 4.69) is 47.4 Å². The lowest BCUT2D eigenvalue weighted by atomic mass is 10.0. The van der Waals surface area contributed by atoms with Crippen LogP contribution in [0.2, 0.25) is 0 Å². The van der Waals surface area contributed by atoms with Gasteiger partial charge in [0.2, 0.25) is 0 Å². The van der Waals surface area contributed by atoms with Gasteiger partial charge in [0.05, 0.1) is 11.2 Å². The Kier molecular flexibility index (Phi) is 4.03. The molecule has 0 bridgehead atoms. The zero-order chi connectivity index (χ0) is 13.9. The summed E-state index contributed by atoms with van der Waals surface area (Å²) in [5.74, 6) is 0. The van der Waals surface area contributed by atoms with E-state index in [4.69, 9.17) is 0 Å². The molecule has 20 heavy (non-hydrogen) atoms. The van der Waals surface area contributed by atoms with Crippen LogP contribution >= 0.6 is 11.3 Å². The van der Waals surface area contributed by atoms with Gasteiger partial charge in [0.15, 0.2) is 0 Å². The Balaban J connectivity index is 1.66. The summed E-state index contributed by atoms with van der Waals surface area (Å²) in [5.41, 5.74) is 7.29. The quantitative estimate of drug-likeness (QED) is 0.933. The molecule has 3 nitrogen and oxygen atoms in total. The van der Waals surface area contributed by atoms with Crippen LogP contribution in [0.5, 0.6) is 0 Å². The highest BCUT2D eigenvalue weighted by Gasteiger charge is 2.10. The van der Waals surface area contributed by atoms with Crippen LogP contribution in [-0.2, 0) is 19.5 Å². The minimum Gasteiger partial charge on any atom is -0.385 e. The maximum atomic E-state index is 4.32. The summed E-state index contributed by atoms with van der Waals surface area (Å²) in [5, 5.41) is 3.47. The number of rotatable bonds is 4. The van der Waals surface area contributed by atoms with Crippen molar-refractivity contribution in [2.45, 2.75) is 32.9 Å². The Morgan fingerprint density at radius 1 is 1.35 bits per heavy atom. The highest BCUT2D eigenvalue weighted by molar-refractivity contribution is 7.09. The molecule has 106 valence electrons. The molecular weight excluding hydrogens is 266 g/mol. The second-order valence-corrected chi connectivity index (χ2v) is 6.49. The van der Waals surface area contributed by atoms with Gasteiger partial charge in [0.25, 0.3) is 0 Å². The largest absolute Gasteiger partial charge is 0.385 e. The number of nitrogens with one attached hydrogen (secondary N) is 1. The Labute approximate surface area is 124 Å². The van der Waals surface area contributed by atoms with Crippen molar-refractivity contribution in [2.75, 3.05) is 18.9 Å². The predicted molar refractivity (Wildman–Crippen MR) is 85.3 cm³/mol. The van der Waals surface area contributed by atoms with Gasteiger partial charge in [-0.25, -0.2) is 4.98 Å². The molecule has 0 atom stereocenters. The molecule has 1 aromatic carbocycles. The summed E-state index contributed by atoms with van der Waals surface area (Å²) in [7, 11) is 2.18. The van der Waals surface area contributed by atoms with Crippen LogP contribution < -0.4 is 5.32 Å². The van der Waals surface area contributed by atoms with Gasteiger partial charge in [0, 0.05) is 30.2 Å². The number of hydrogen-bond donors (Lipinski definition) is 1. The smallest absolute Gasteiger partial charge is 0.0798 e. The molecule has 2 heterocycles. The molecule has 4 heteroatoms. The van der Waals surface area contributed by atoms with E-state index in [1.807, 2.05) is 5.51 Å². The Hall–Kier alpha value is -1.39. The number of anilines is 1. The van der Waals surface area contributed by atoms with Crippen LogP contribution in [-0.4, -0.2) is 23.5 Å². The summed E-state index contributed by atoms with van der Waals surface area (Å²) in [6.45, 7) is 5.16. The van der Waals surface area contributed by atoms with E-state index in [1.54, 1.807) is 11.3 Å². The summed E-state index contributed by atoms with van der Waals surface area (Å²) in [6, 6.07) is 6.83. The first-order valence-electron chi connectivity index (χ1n) is 7.15. The Bertz CT molecular complexity index is 591. The molecule has 0 unspecified atom stereocenters. The lowest BCUT2D eigenvalue weighted by Crippen LogP contribution is -2.18. The summed E-state index contributed by atoms with van der Waals surface area (Å²) in [4.78, 5) is 8.05. The van der Waals surface area contributed by atoms with Gasteiger partial charge in [-0.1, -0.05) is 12.1 Å². The van der Waals surface area contributed by atoms with E-state index in [1.165, 1.54) is 34.5 Å². The fraction of sp³-hybridized carbons (Fsp3) is 0.438. The number of aromatic nitrogens is 1. The average molecular weight is 287 g/mol. The Morgan fingerprint density at radius 2 is 2.25 bits per heavy atom. The minimum atomic E-state index is 0.978. The molecule has 0 aliphatic carbocycles. The van der Waals surface area contributed by atoms with Crippen LogP contribution in [0.1, 0.15) is 28.1 Å². The van der Waals surface area contributed by atoms with Gasteiger partial charge in [-0.3, -0.25) is 4.90 Å². The highest BCUT2D eigenvalue weighted by Crippen LogP contribution is 2.24. The molecular formula is C16H21N3S. The Morgan fingerprint density at radius 3 is 3.05 bits per heavy atom. The molecule has 3 rings (SSSR count). The van der Waals surface area contributed by atoms with Gasteiger partial charge in [-0.2, -0.15) is 0 Å². The fourth-order valence-electron chi connectivity index (χ4n) is 2.72. The second-order valence-electron chi connectivity index (χ2n) is 5.56. The van der Waals surface area contributed by atoms with E-state index in [0.29, 0.717) is 0 Å². The molecule has 1 N–H and O–H groups in total. The monoisotopic (exact) mass is 287 g/mol. The van der Waals surface area contributed by atoms with Crippen LogP contribution in [0.15, 0.2) is 23.7 Å². The van der Waals surface area contributed by atoms with E-state index in [0.717, 1.165) is 25.3 Å². The number of nitrogens with zero attached hydrogens (tertiary/aromatic N) is 2. The number of fused-ring (bicyclic) bond motifs is 1. The predicted octanol–water partition coefficient (Wildman–Crippen LogP) is 3.44. The first-order valence-corrected chi connectivity index (χ1v) is 8.03. The van der Waals surface area contributed by atoms with Crippen molar-refractivity contribution >= 4 is 17.0 Å². The molecule has 0 saturated heterocycles. The molecule has 0 amide bonds. The molecule has 0 saturated carbocycles. The second kappa shape index (κ2) is 5.94. The highest BCUT2D eigenvalue weighted by atomic mass is 32.1. The maximum Gasteiger partial charge on any atom is 0.0798 e. The lowest BCUT2D eigenvalue weighted by molar-refractivity contribution is 0.321. The van der Waals surface area contributed by atoms with Gasteiger partial charge < -0.3 is 5.32 Å². The average Bonchev–Trinajstić information content (AvgIpc) is 2.84. The van der Waals surface area contributed by atoms with Crippen molar-refractivity contribution in [3.05, 3.63) is 45.4 Å². The molecule has 2 aromatic rings. The molecule has 1 aliphatic heterocycles. The number of thiazole rings is 1.